The summed E-state index contributed by atoms with van der Waals surface area (Å²) < 4.78 is 28.6. The van der Waals surface area contributed by atoms with Gasteiger partial charge in [-0.05, 0) is 18.9 Å². The van der Waals surface area contributed by atoms with E-state index in [4.69, 9.17) is 23.4 Å². The van der Waals surface area contributed by atoms with Crippen LogP contribution in [0.15, 0.2) is 23.0 Å². The van der Waals surface area contributed by atoms with Gasteiger partial charge >= 0.3 is 17.9 Å². The molecule has 3 aliphatic carbocycles. The molecule has 0 radical (unpaired) electrons. The van der Waals surface area contributed by atoms with E-state index in [1.165, 1.54) is 14.0 Å². The fourth-order valence-corrected chi connectivity index (χ4v) is 9.69. The van der Waals surface area contributed by atoms with Crippen LogP contribution in [0.4, 0.5) is 0 Å². The normalized spacial score (nSPS) is 46.1. The lowest BCUT2D eigenvalue weighted by atomic mass is 9.37. The number of carbonyl (C=O) groups excluding carboxylic acids is 4. The molecule has 5 aliphatic rings. The van der Waals surface area contributed by atoms with E-state index < -0.39 is 70.0 Å². The second-order valence-electron chi connectivity index (χ2n) is 13.1. The monoisotopic (exact) mass is 544 g/mol. The Balaban J connectivity index is 1.52. The molecule has 5 fully saturated rings. The van der Waals surface area contributed by atoms with Crippen LogP contribution in [0.5, 0.6) is 0 Å². The van der Waals surface area contributed by atoms with Crippen LogP contribution in [-0.4, -0.2) is 59.8 Å². The standard InChI is InChI=1S/C29H36O10/c1-13(30)37-23-18-21(33)28(5,20(26(23,2)3)19(32)25(34)35-6)15-7-9-27(4)16(29(15)24(18)39-29)11-17(31)38-22(27)14-8-10-36-12-14/h8,10,12,15-16,18-20,22-24,32H,7,9,11H2,1-6H3/t15-,16-,18-,19-,20+,22+,23-,24-,27-,28-,29-/m1/s1. The molecule has 2 aliphatic heterocycles. The van der Waals surface area contributed by atoms with Gasteiger partial charge in [-0.25, -0.2) is 4.79 Å². The third kappa shape index (κ3) is 3.16. The molecule has 6 rings (SSSR count). The predicted octanol–water partition coefficient (Wildman–Crippen LogP) is 2.76. The lowest BCUT2D eigenvalue weighted by molar-refractivity contribution is -0.231. The van der Waals surface area contributed by atoms with Crippen LogP contribution in [0.2, 0.25) is 0 Å². The minimum atomic E-state index is -1.63. The molecular weight excluding hydrogens is 508 g/mol. The van der Waals surface area contributed by atoms with E-state index in [2.05, 4.69) is 6.92 Å². The van der Waals surface area contributed by atoms with Gasteiger partial charge in [-0.1, -0.05) is 27.7 Å². The third-order valence-corrected chi connectivity index (χ3v) is 11.1. The maximum atomic E-state index is 14.4. The summed E-state index contributed by atoms with van der Waals surface area (Å²) >= 11 is 0. The maximum Gasteiger partial charge on any atom is 0.335 e. The van der Waals surface area contributed by atoms with Crippen molar-refractivity contribution >= 4 is 23.7 Å². The summed E-state index contributed by atoms with van der Waals surface area (Å²) in [5, 5.41) is 11.4. The molecular formula is C29H36O10. The molecule has 2 saturated heterocycles. The summed E-state index contributed by atoms with van der Waals surface area (Å²) in [5.74, 6) is -4.38. The van der Waals surface area contributed by atoms with Gasteiger partial charge in [-0.2, -0.15) is 0 Å². The fourth-order valence-electron chi connectivity index (χ4n) is 9.69. The van der Waals surface area contributed by atoms with Crippen molar-refractivity contribution in [3.05, 3.63) is 24.2 Å². The SMILES string of the molecule is COC(=O)[C@H](O)[C@H]1C(C)(C)[C@H](OC(C)=O)[C@H]2C(=O)[C@]1(C)[C@H]1CC[C@]3(C)[C@@H](CC(=O)O[C@H]3c3ccoc3)[C@]13O[C@H]23. The molecule has 1 aromatic rings. The molecule has 3 saturated carbocycles. The van der Waals surface area contributed by atoms with Crippen LogP contribution in [0.25, 0.3) is 0 Å². The third-order valence-electron chi connectivity index (χ3n) is 11.1. The van der Waals surface area contributed by atoms with E-state index in [9.17, 15) is 24.3 Å². The van der Waals surface area contributed by atoms with E-state index in [-0.39, 0.29) is 30.0 Å². The van der Waals surface area contributed by atoms with Crippen molar-refractivity contribution in [1.82, 2.24) is 0 Å². The van der Waals surface area contributed by atoms with Crippen molar-refractivity contribution in [1.29, 1.82) is 0 Å². The molecule has 10 heteroatoms. The number of Topliss-reactive ketones (excluding diaryl/α,β-unsaturated/α-hetero) is 1. The molecule has 0 unspecified atom stereocenters. The molecule has 0 aromatic carbocycles. The quantitative estimate of drug-likeness (QED) is 0.342. The second kappa shape index (κ2) is 8.16. The minimum absolute atomic E-state index is 0.112. The highest BCUT2D eigenvalue weighted by Crippen LogP contribution is 2.77. The number of aliphatic hydroxyl groups excluding tert-OH is 1. The number of epoxide rings is 1. The Kier molecular flexibility index (Phi) is 5.54. The van der Waals surface area contributed by atoms with Crippen LogP contribution < -0.4 is 0 Å². The Labute approximate surface area is 226 Å². The topological polar surface area (TPSA) is 142 Å². The Morgan fingerprint density at radius 2 is 1.87 bits per heavy atom. The summed E-state index contributed by atoms with van der Waals surface area (Å²) in [6.07, 6.45) is 0.741. The molecule has 1 N–H and O–H groups in total. The lowest BCUT2D eigenvalue weighted by Gasteiger charge is -2.65. The van der Waals surface area contributed by atoms with Gasteiger partial charge in [0.2, 0.25) is 0 Å². The van der Waals surface area contributed by atoms with Gasteiger partial charge in [0.15, 0.2) is 6.10 Å². The van der Waals surface area contributed by atoms with Crippen molar-refractivity contribution in [3.63, 3.8) is 0 Å². The van der Waals surface area contributed by atoms with Gasteiger partial charge in [-0.15, -0.1) is 0 Å². The van der Waals surface area contributed by atoms with E-state index in [1.807, 2.05) is 20.8 Å². The van der Waals surface area contributed by atoms with Crippen molar-refractivity contribution in [2.24, 2.45) is 39.9 Å². The highest BCUT2D eigenvalue weighted by Gasteiger charge is 2.86. The first-order valence-corrected chi connectivity index (χ1v) is 13.6. The number of ether oxygens (including phenoxy) is 4. The number of cyclic esters (lactones) is 1. The van der Waals surface area contributed by atoms with Crippen LogP contribution >= 0.6 is 0 Å². The average molecular weight is 545 g/mol. The lowest BCUT2D eigenvalue weighted by Crippen LogP contribution is -2.74. The van der Waals surface area contributed by atoms with Gasteiger partial charge in [0.25, 0.3) is 0 Å². The molecule has 10 nitrogen and oxygen atoms in total. The summed E-state index contributed by atoms with van der Waals surface area (Å²) in [7, 11) is 1.19. The Bertz CT molecular complexity index is 1240. The number of esters is 3. The molecule has 212 valence electrons. The fraction of sp³-hybridized carbons (Fsp3) is 0.724. The van der Waals surface area contributed by atoms with Crippen LogP contribution in [0.1, 0.15) is 65.5 Å². The number of fused-ring (bicyclic) bond motifs is 5. The second-order valence-corrected chi connectivity index (χ2v) is 13.1. The highest BCUT2D eigenvalue weighted by molar-refractivity contribution is 5.94. The van der Waals surface area contributed by atoms with E-state index in [0.29, 0.717) is 12.8 Å². The van der Waals surface area contributed by atoms with Gasteiger partial charge in [0.05, 0.1) is 32.0 Å². The van der Waals surface area contributed by atoms with Crippen molar-refractivity contribution in [3.8, 4) is 0 Å². The number of methoxy groups -OCH3 is 1. The number of carbonyl (C=O) groups is 4. The smallest absolute Gasteiger partial charge is 0.335 e. The van der Waals surface area contributed by atoms with Crippen molar-refractivity contribution in [2.45, 2.75) is 83.9 Å². The predicted molar refractivity (Wildman–Crippen MR) is 132 cm³/mol. The number of aliphatic hydroxyl groups is 1. The summed E-state index contributed by atoms with van der Waals surface area (Å²) in [4.78, 5) is 52.6. The van der Waals surface area contributed by atoms with Gasteiger partial charge in [0.1, 0.15) is 29.7 Å². The first-order chi connectivity index (χ1) is 18.3. The zero-order chi connectivity index (χ0) is 28.3. The summed E-state index contributed by atoms with van der Waals surface area (Å²) in [5.41, 5.74) is -2.82. The molecule has 1 spiro atoms. The first kappa shape index (κ1) is 26.5. The Hall–Kier alpha value is -2.72. The Morgan fingerprint density at radius 1 is 1.15 bits per heavy atom. The number of furan rings is 1. The van der Waals surface area contributed by atoms with Crippen molar-refractivity contribution in [2.75, 3.05) is 7.11 Å². The molecule has 1 aromatic heterocycles. The largest absolute Gasteiger partial charge is 0.472 e. The number of hydrogen-bond donors (Lipinski definition) is 1. The molecule has 0 amide bonds. The van der Waals surface area contributed by atoms with Gasteiger partial charge in [0, 0.05) is 46.5 Å². The van der Waals surface area contributed by atoms with E-state index in [0.717, 1.165) is 5.56 Å². The molecule has 11 atom stereocenters. The van der Waals surface area contributed by atoms with Crippen LogP contribution in [-0.2, 0) is 38.1 Å². The summed E-state index contributed by atoms with van der Waals surface area (Å²) in [6, 6.07) is 1.79. The number of hydrogen-bond acceptors (Lipinski definition) is 10. The van der Waals surface area contributed by atoms with Gasteiger partial charge in [-0.3, -0.25) is 14.4 Å². The number of ketones is 1. The average Bonchev–Trinajstić information content (AvgIpc) is 3.32. The highest BCUT2D eigenvalue weighted by atomic mass is 16.6. The molecule has 3 heterocycles. The zero-order valence-corrected chi connectivity index (χ0v) is 23.1. The molecule has 2 bridgehead atoms. The van der Waals surface area contributed by atoms with E-state index in [1.54, 1.807) is 18.6 Å². The zero-order valence-electron chi connectivity index (χ0n) is 23.1. The van der Waals surface area contributed by atoms with Crippen LogP contribution in [0, 0.1) is 39.9 Å². The van der Waals surface area contributed by atoms with E-state index >= 15 is 0 Å². The minimum Gasteiger partial charge on any atom is -0.472 e. The molecule has 39 heavy (non-hydrogen) atoms. The van der Waals surface area contributed by atoms with Crippen molar-refractivity contribution < 1.29 is 47.6 Å². The van der Waals surface area contributed by atoms with Crippen LogP contribution in [0.3, 0.4) is 0 Å². The summed E-state index contributed by atoms with van der Waals surface area (Å²) in [6.45, 7) is 8.83. The first-order valence-electron chi connectivity index (χ1n) is 13.6. The number of rotatable bonds is 4. The van der Waals surface area contributed by atoms with Gasteiger partial charge < -0.3 is 28.5 Å². The Morgan fingerprint density at radius 3 is 2.49 bits per heavy atom. The maximum absolute atomic E-state index is 14.4.